The van der Waals surface area contributed by atoms with E-state index in [4.69, 9.17) is 21.3 Å². The number of nitrogens with zero attached hydrogens (tertiary/aromatic N) is 5. The standard InChI is InChI=1S/C40H36ClF6N7O4/c1-39(2,57)11-9-22-5-6-23(24-7-8-27(41)32-35(24)53(3)52-38(32)50-29(55)10-12-58-4)33(48-22)28(15-19-13-20(42)16-21(43)14-19)49-30(56)18-54-36-31(34(51-54)37(44)45)25-17-26(25)40(36,46)47/h5-8,13-14,16,25-26,28,37,57H,10,12,15,17-18H2,1-4H3,(H,49,56)(H,50,52,55)/t25-,26+,28-/m0/s1. The fraction of sp³-hybridized carbons (Fsp3) is 0.375. The zero-order valence-corrected chi connectivity index (χ0v) is 32.2. The summed E-state index contributed by atoms with van der Waals surface area (Å²) in [6, 6.07) is 7.80. The fourth-order valence-corrected chi connectivity index (χ4v) is 7.70. The zero-order chi connectivity index (χ0) is 41.8. The molecule has 2 aliphatic carbocycles. The number of carbonyl (C=O) groups is 2. The van der Waals surface area contributed by atoms with Gasteiger partial charge in [-0.1, -0.05) is 23.6 Å². The molecule has 1 saturated carbocycles. The molecule has 0 radical (unpaired) electrons. The number of halogens is 7. The first kappa shape index (κ1) is 40.7. The van der Waals surface area contributed by atoms with Crippen molar-refractivity contribution in [2.24, 2.45) is 13.0 Å². The maximum absolute atomic E-state index is 15.4. The van der Waals surface area contributed by atoms with Crippen LogP contribution in [0.15, 0.2) is 42.5 Å². The lowest BCUT2D eigenvalue weighted by atomic mass is 9.93. The fourth-order valence-electron chi connectivity index (χ4n) is 7.46. The number of pyridine rings is 1. The molecule has 0 spiro atoms. The van der Waals surface area contributed by atoms with E-state index in [1.165, 1.54) is 31.7 Å². The van der Waals surface area contributed by atoms with Crippen molar-refractivity contribution in [1.29, 1.82) is 0 Å². The van der Waals surface area contributed by atoms with Crippen molar-refractivity contribution in [3.8, 4) is 23.0 Å². The third kappa shape index (κ3) is 8.00. The molecule has 0 bridgehead atoms. The number of carbonyl (C=O) groups excluding carboxylic acids is 2. The van der Waals surface area contributed by atoms with Crippen molar-refractivity contribution in [3.63, 3.8) is 0 Å². The summed E-state index contributed by atoms with van der Waals surface area (Å²) in [4.78, 5) is 31.4. The summed E-state index contributed by atoms with van der Waals surface area (Å²) in [5.41, 5.74) is -1.84. The van der Waals surface area contributed by atoms with Gasteiger partial charge >= 0.3 is 0 Å². The predicted octanol–water partition coefficient (Wildman–Crippen LogP) is 7.11. The number of amides is 2. The molecule has 3 heterocycles. The minimum absolute atomic E-state index is 0.0265. The Bertz CT molecular complexity index is 2500. The Kier molecular flexibility index (Phi) is 10.8. The number of anilines is 1. The van der Waals surface area contributed by atoms with E-state index in [-0.39, 0.29) is 59.2 Å². The second-order valence-corrected chi connectivity index (χ2v) is 15.2. The average Bonchev–Trinajstić information content (AvgIpc) is 3.68. The summed E-state index contributed by atoms with van der Waals surface area (Å²) in [7, 11) is 3.06. The number of methoxy groups -OCH3 is 1. The van der Waals surface area contributed by atoms with Gasteiger partial charge in [-0.15, -0.1) is 0 Å². The number of alkyl halides is 4. The number of ether oxygens (including phenoxy) is 1. The number of aliphatic hydroxyl groups is 1. The number of rotatable bonds is 12. The smallest absolute Gasteiger partial charge is 0.293 e. The quantitative estimate of drug-likeness (QED) is 0.0902. The number of benzene rings is 2. The number of fused-ring (bicyclic) bond motifs is 4. The second kappa shape index (κ2) is 15.4. The molecule has 18 heteroatoms. The number of hydrogen-bond donors (Lipinski definition) is 3. The van der Waals surface area contributed by atoms with Gasteiger partial charge < -0.3 is 20.5 Å². The summed E-state index contributed by atoms with van der Waals surface area (Å²) >= 11 is 6.69. The Morgan fingerprint density at radius 3 is 2.45 bits per heavy atom. The SMILES string of the molecule is COCCC(=O)Nc1nn(C)c2c(-c3ccc(C#CC(C)(C)O)nc3[C@H](Cc3cc(F)cc(F)c3)NC(=O)Cn3nc(C(F)F)c4c3C(F)(F)[C@@H]3C[C@H]43)ccc(Cl)c12. The van der Waals surface area contributed by atoms with Crippen LogP contribution in [0.25, 0.3) is 22.0 Å². The maximum Gasteiger partial charge on any atom is 0.293 e. The number of hydrogen-bond acceptors (Lipinski definition) is 7. The molecule has 1 fully saturated rings. The maximum atomic E-state index is 15.4. The third-order valence-electron chi connectivity index (χ3n) is 9.93. The van der Waals surface area contributed by atoms with Gasteiger partial charge in [-0.25, -0.2) is 22.5 Å². The van der Waals surface area contributed by atoms with Crippen LogP contribution in [-0.2, 0) is 40.3 Å². The van der Waals surface area contributed by atoms with Gasteiger partial charge in [-0.05, 0) is 74.4 Å². The van der Waals surface area contributed by atoms with Crippen LogP contribution >= 0.6 is 11.6 Å². The molecule has 3 aromatic heterocycles. The van der Waals surface area contributed by atoms with E-state index in [1.54, 1.807) is 25.2 Å². The molecule has 3 atom stereocenters. The van der Waals surface area contributed by atoms with Crippen LogP contribution in [0.4, 0.5) is 32.2 Å². The van der Waals surface area contributed by atoms with E-state index >= 15 is 8.78 Å². The number of aryl methyl sites for hydroxylation is 1. The molecule has 3 N–H and O–H groups in total. The summed E-state index contributed by atoms with van der Waals surface area (Å²) in [5.74, 6) is -3.04. The van der Waals surface area contributed by atoms with Gasteiger partial charge in [0.25, 0.3) is 12.3 Å². The highest BCUT2D eigenvalue weighted by atomic mass is 35.5. The molecule has 58 heavy (non-hydrogen) atoms. The highest BCUT2D eigenvalue weighted by molar-refractivity contribution is 6.37. The highest BCUT2D eigenvalue weighted by Gasteiger charge is 2.67. The first-order valence-corrected chi connectivity index (χ1v) is 18.5. The molecule has 2 aliphatic rings. The van der Waals surface area contributed by atoms with Gasteiger partial charge in [0.15, 0.2) is 5.82 Å². The highest BCUT2D eigenvalue weighted by Crippen LogP contribution is 2.68. The van der Waals surface area contributed by atoms with Crippen molar-refractivity contribution >= 4 is 40.1 Å². The molecule has 0 unspecified atom stereocenters. The van der Waals surface area contributed by atoms with E-state index in [0.29, 0.717) is 32.8 Å². The largest absolute Gasteiger partial charge is 0.384 e. The van der Waals surface area contributed by atoms with Gasteiger partial charge in [-0.3, -0.25) is 19.0 Å². The summed E-state index contributed by atoms with van der Waals surface area (Å²) in [6.07, 6.45) is -3.42. The molecule has 2 aromatic carbocycles. The minimum Gasteiger partial charge on any atom is -0.384 e. The Hall–Kier alpha value is -5.44. The van der Waals surface area contributed by atoms with E-state index in [2.05, 4.69) is 32.7 Å². The average molecular weight is 828 g/mol. The second-order valence-electron chi connectivity index (χ2n) is 14.8. The first-order valence-electron chi connectivity index (χ1n) is 18.1. The molecular weight excluding hydrogens is 792 g/mol. The van der Waals surface area contributed by atoms with Crippen LogP contribution in [0.3, 0.4) is 0 Å². The number of nitrogens with one attached hydrogen (secondary N) is 2. The molecule has 0 saturated heterocycles. The van der Waals surface area contributed by atoms with E-state index in [1.807, 2.05) is 0 Å². The first-order chi connectivity index (χ1) is 27.4. The minimum atomic E-state index is -3.49. The third-order valence-corrected chi connectivity index (χ3v) is 10.2. The lowest BCUT2D eigenvalue weighted by Gasteiger charge is -2.23. The summed E-state index contributed by atoms with van der Waals surface area (Å²) < 4.78 is 95.2. The van der Waals surface area contributed by atoms with Gasteiger partial charge in [0, 0.05) is 42.8 Å². The van der Waals surface area contributed by atoms with Crippen molar-refractivity contribution in [1.82, 2.24) is 29.9 Å². The topological polar surface area (TPSA) is 136 Å². The van der Waals surface area contributed by atoms with Crippen LogP contribution in [0.5, 0.6) is 0 Å². The van der Waals surface area contributed by atoms with Gasteiger partial charge in [0.1, 0.15) is 40.9 Å². The molecule has 304 valence electrons. The molecule has 0 aliphatic heterocycles. The Morgan fingerprint density at radius 1 is 1.07 bits per heavy atom. The summed E-state index contributed by atoms with van der Waals surface area (Å²) in [5, 5.41) is 24.6. The van der Waals surface area contributed by atoms with Crippen LogP contribution in [0.1, 0.15) is 79.0 Å². The normalized spacial score (nSPS) is 17.1. The van der Waals surface area contributed by atoms with Crippen molar-refractivity contribution < 1.29 is 45.8 Å². The van der Waals surface area contributed by atoms with Gasteiger partial charge in [-0.2, -0.15) is 19.0 Å². The van der Waals surface area contributed by atoms with Crippen molar-refractivity contribution in [2.75, 3.05) is 19.0 Å². The van der Waals surface area contributed by atoms with E-state index in [0.717, 1.165) is 12.1 Å². The molecule has 11 nitrogen and oxygen atoms in total. The molecule has 7 rings (SSSR count). The van der Waals surface area contributed by atoms with Gasteiger partial charge in [0.2, 0.25) is 11.8 Å². The Labute approximate surface area is 332 Å². The predicted molar refractivity (Wildman–Crippen MR) is 200 cm³/mol. The zero-order valence-electron chi connectivity index (χ0n) is 31.4. The lowest BCUT2D eigenvalue weighted by Crippen LogP contribution is -2.35. The van der Waals surface area contributed by atoms with Crippen molar-refractivity contribution in [3.05, 3.63) is 93.0 Å². The molecular formula is C40H36ClF6N7O4. The van der Waals surface area contributed by atoms with Crippen LogP contribution < -0.4 is 10.6 Å². The molecule has 5 aromatic rings. The number of aromatic nitrogens is 5. The Morgan fingerprint density at radius 2 is 1.78 bits per heavy atom. The summed E-state index contributed by atoms with van der Waals surface area (Å²) in [6.45, 7) is 2.15. The molecule has 2 amide bonds. The Balaban J connectivity index is 1.36. The lowest BCUT2D eigenvalue weighted by molar-refractivity contribution is -0.123. The van der Waals surface area contributed by atoms with E-state index < -0.39 is 77.2 Å². The van der Waals surface area contributed by atoms with Crippen LogP contribution in [0, 0.1) is 29.4 Å². The van der Waals surface area contributed by atoms with Crippen LogP contribution in [-0.4, -0.2) is 60.8 Å². The van der Waals surface area contributed by atoms with E-state index in [9.17, 15) is 32.3 Å². The monoisotopic (exact) mass is 827 g/mol. The van der Waals surface area contributed by atoms with Gasteiger partial charge in [0.05, 0.1) is 40.7 Å². The van der Waals surface area contributed by atoms with Crippen LogP contribution in [0.2, 0.25) is 5.02 Å². The van der Waals surface area contributed by atoms with Crippen molar-refractivity contribution in [2.45, 2.75) is 69.6 Å².